The number of alkyl halides is 3. The van der Waals surface area contributed by atoms with Gasteiger partial charge in [0.05, 0.1) is 28.8 Å². The number of piperazine rings is 1. The van der Waals surface area contributed by atoms with E-state index >= 15 is 0 Å². The van der Waals surface area contributed by atoms with Gasteiger partial charge in [-0.25, -0.2) is 14.0 Å². The van der Waals surface area contributed by atoms with Gasteiger partial charge in [0, 0.05) is 54.9 Å². The maximum Gasteiger partial charge on any atom is 0.417 e. The van der Waals surface area contributed by atoms with Crippen LogP contribution in [0.25, 0.3) is 22.0 Å². The van der Waals surface area contributed by atoms with Gasteiger partial charge in [-0.2, -0.15) is 18.2 Å². The molecule has 3 heterocycles. The molecule has 1 fully saturated rings. The van der Waals surface area contributed by atoms with E-state index < -0.39 is 41.0 Å². The summed E-state index contributed by atoms with van der Waals surface area (Å²) < 4.78 is 70.6. The zero-order valence-electron chi connectivity index (χ0n) is 23.3. The zero-order valence-corrected chi connectivity index (χ0v) is 24.9. The van der Waals surface area contributed by atoms with Gasteiger partial charge in [-0.3, -0.25) is 4.57 Å². The van der Waals surface area contributed by atoms with Crippen LogP contribution in [0.4, 0.5) is 28.2 Å². The minimum absolute atomic E-state index is 0.0670. The number of thioether (sulfide) groups is 1. The van der Waals surface area contributed by atoms with Crippen molar-refractivity contribution in [3.8, 4) is 11.1 Å². The van der Waals surface area contributed by atoms with Crippen molar-refractivity contribution in [3.63, 3.8) is 0 Å². The molecular weight excluding hydrogens is 600 g/mol. The van der Waals surface area contributed by atoms with E-state index in [1.165, 1.54) is 22.6 Å². The van der Waals surface area contributed by atoms with E-state index in [0.29, 0.717) is 0 Å². The first-order valence-corrected chi connectivity index (χ1v) is 14.6. The third-order valence-corrected chi connectivity index (χ3v) is 8.59. The van der Waals surface area contributed by atoms with Crippen LogP contribution < -0.4 is 10.6 Å². The molecule has 0 N–H and O–H groups in total. The van der Waals surface area contributed by atoms with Crippen molar-refractivity contribution in [2.75, 3.05) is 43.9 Å². The molecule has 0 saturated carbocycles. The van der Waals surface area contributed by atoms with Crippen molar-refractivity contribution in [1.29, 1.82) is 0 Å². The summed E-state index contributed by atoms with van der Waals surface area (Å²) in [7, 11) is 1.47. The van der Waals surface area contributed by atoms with Crippen LogP contribution in [0.5, 0.6) is 0 Å². The number of aromatic nitrogens is 2. The van der Waals surface area contributed by atoms with E-state index in [9.17, 15) is 27.2 Å². The number of rotatable bonds is 3. The van der Waals surface area contributed by atoms with Crippen LogP contribution >= 0.6 is 23.4 Å². The molecule has 0 aliphatic carbocycles. The number of benzene rings is 2. The summed E-state index contributed by atoms with van der Waals surface area (Å²) in [6.07, 6.45) is -5.78. The van der Waals surface area contributed by atoms with Crippen LogP contribution in [0, 0.1) is 5.82 Å². The number of nitrogens with zero attached hydrogens (tertiary/aromatic N) is 4. The second-order valence-corrected chi connectivity index (χ2v) is 12.5. The quantitative estimate of drug-likeness (QED) is 0.327. The average Bonchev–Trinajstić information content (AvgIpc) is 3.11. The monoisotopic (exact) mass is 628 g/mol. The molecule has 2 aliphatic heterocycles. The minimum Gasteiger partial charge on any atom is -0.444 e. The van der Waals surface area contributed by atoms with Crippen molar-refractivity contribution in [3.05, 3.63) is 51.2 Å². The highest BCUT2D eigenvalue weighted by Gasteiger charge is 2.39. The number of halogens is 5. The number of hydrogen-bond acceptors (Lipinski definition) is 7. The molecule has 0 spiro atoms. The number of methoxy groups -OCH3 is 1. The Morgan fingerprint density at radius 1 is 1.12 bits per heavy atom. The summed E-state index contributed by atoms with van der Waals surface area (Å²) in [6, 6.07) is 4.41. The van der Waals surface area contributed by atoms with Gasteiger partial charge in [0.25, 0.3) is 0 Å². The van der Waals surface area contributed by atoms with Gasteiger partial charge in [0.15, 0.2) is 0 Å². The SMILES string of the molecule is CO[C@@H]1CSc2c(-c3ccc(F)c(Cl)c3)c(C(F)(F)F)cc3c(N4CCN(C(=O)OC(C)(C)C)CC4)nc(=O)n(c23)C1. The minimum atomic E-state index is -4.80. The molecule has 14 heteroatoms. The van der Waals surface area contributed by atoms with Crippen LogP contribution in [0.15, 0.2) is 34.0 Å². The summed E-state index contributed by atoms with van der Waals surface area (Å²) in [6.45, 7) is 6.27. The highest BCUT2D eigenvalue weighted by atomic mass is 35.5. The smallest absolute Gasteiger partial charge is 0.417 e. The molecule has 3 aromatic rings. The van der Waals surface area contributed by atoms with Crippen molar-refractivity contribution in [2.24, 2.45) is 0 Å². The van der Waals surface area contributed by atoms with Crippen molar-refractivity contribution in [1.82, 2.24) is 14.5 Å². The molecule has 2 aromatic carbocycles. The first-order valence-electron chi connectivity index (χ1n) is 13.2. The Morgan fingerprint density at radius 3 is 2.40 bits per heavy atom. The maximum atomic E-state index is 14.7. The summed E-state index contributed by atoms with van der Waals surface area (Å²) in [4.78, 5) is 33.7. The Labute approximate surface area is 248 Å². The number of hydrogen-bond donors (Lipinski definition) is 0. The molecule has 0 unspecified atom stereocenters. The third-order valence-electron chi connectivity index (χ3n) is 7.08. The number of ether oxygens (including phenoxy) is 2. The topological polar surface area (TPSA) is 76.9 Å². The number of amides is 1. The predicted octanol–water partition coefficient (Wildman–Crippen LogP) is 6.05. The van der Waals surface area contributed by atoms with Crippen LogP contribution in [0.1, 0.15) is 26.3 Å². The van der Waals surface area contributed by atoms with Crippen molar-refractivity contribution < 1.29 is 31.8 Å². The zero-order chi connectivity index (χ0) is 30.6. The predicted molar refractivity (Wildman–Crippen MR) is 153 cm³/mol. The van der Waals surface area contributed by atoms with E-state index in [2.05, 4.69) is 4.98 Å². The Bertz CT molecular complexity index is 1600. The second kappa shape index (κ2) is 11.2. The molecule has 2 aliphatic rings. The lowest BCUT2D eigenvalue weighted by Gasteiger charge is -2.36. The molecule has 42 heavy (non-hydrogen) atoms. The Kier molecular flexibility index (Phi) is 8.14. The summed E-state index contributed by atoms with van der Waals surface area (Å²) in [5.74, 6) is -0.400. The molecule has 1 saturated heterocycles. The molecule has 226 valence electrons. The van der Waals surface area contributed by atoms with Crippen LogP contribution in [-0.2, 0) is 22.2 Å². The number of carbonyl (C=O) groups excluding carboxylic acids is 1. The fourth-order valence-electron chi connectivity index (χ4n) is 5.11. The summed E-state index contributed by atoms with van der Waals surface area (Å²) in [5.41, 5.74) is -2.13. The average molecular weight is 629 g/mol. The molecule has 0 bridgehead atoms. The molecule has 0 radical (unpaired) electrons. The summed E-state index contributed by atoms with van der Waals surface area (Å²) in [5, 5.41) is -0.180. The lowest BCUT2D eigenvalue weighted by atomic mass is 9.96. The standard InChI is InChI=1S/C28H29ClF4N4O4S/c1-27(2,3)41-26(39)36-9-7-35(8-10-36)24-17-12-18(28(31,32)33)21(15-5-6-20(30)19(29)11-15)23-22(17)37(25(38)34-24)13-16(40-4)14-42-23/h5-6,11-12,16H,7-10,13-14H2,1-4H3/t16-/m0/s1. The summed E-state index contributed by atoms with van der Waals surface area (Å²) >= 11 is 7.13. The number of carbonyl (C=O) groups is 1. The lowest BCUT2D eigenvalue weighted by molar-refractivity contribution is -0.137. The Balaban J connectivity index is 1.70. The Morgan fingerprint density at radius 2 is 1.81 bits per heavy atom. The molecule has 8 nitrogen and oxygen atoms in total. The van der Waals surface area contributed by atoms with Gasteiger partial charge in [-0.15, -0.1) is 11.8 Å². The second-order valence-electron chi connectivity index (χ2n) is 11.1. The van der Waals surface area contributed by atoms with E-state index in [4.69, 9.17) is 21.1 Å². The highest BCUT2D eigenvalue weighted by Crippen LogP contribution is 2.48. The molecule has 5 rings (SSSR count). The first kappa shape index (κ1) is 30.4. The number of anilines is 1. The van der Waals surface area contributed by atoms with Crippen molar-refractivity contribution >= 4 is 46.2 Å². The normalized spacial score (nSPS) is 17.9. The fraction of sp³-hybridized carbons (Fsp3) is 0.464. The van der Waals surface area contributed by atoms with Gasteiger partial charge >= 0.3 is 18.0 Å². The van der Waals surface area contributed by atoms with E-state index in [-0.39, 0.29) is 76.2 Å². The van der Waals surface area contributed by atoms with Gasteiger partial charge in [0.1, 0.15) is 17.2 Å². The molecular formula is C28H29ClF4N4O4S. The van der Waals surface area contributed by atoms with Crippen LogP contribution in [0.3, 0.4) is 0 Å². The first-order chi connectivity index (χ1) is 19.7. The van der Waals surface area contributed by atoms with Crippen LogP contribution in [0.2, 0.25) is 5.02 Å². The maximum absolute atomic E-state index is 14.7. The third kappa shape index (κ3) is 5.91. The Hall–Kier alpha value is -3.03. The highest BCUT2D eigenvalue weighted by molar-refractivity contribution is 7.99. The van der Waals surface area contributed by atoms with E-state index in [1.54, 1.807) is 25.7 Å². The molecule has 1 amide bonds. The van der Waals surface area contributed by atoms with E-state index in [1.807, 2.05) is 0 Å². The van der Waals surface area contributed by atoms with E-state index in [0.717, 1.165) is 30.0 Å². The molecule has 1 atom stereocenters. The largest absolute Gasteiger partial charge is 0.444 e. The van der Waals surface area contributed by atoms with Gasteiger partial charge in [-0.05, 0) is 44.5 Å². The fourth-order valence-corrected chi connectivity index (χ4v) is 6.61. The van der Waals surface area contributed by atoms with Crippen molar-refractivity contribution in [2.45, 2.75) is 50.1 Å². The van der Waals surface area contributed by atoms with Gasteiger partial charge in [0.2, 0.25) is 0 Å². The molecule has 1 aromatic heterocycles. The van der Waals surface area contributed by atoms with Crippen LogP contribution in [-0.4, -0.2) is 71.3 Å². The lowest BCUT2D eigenvalue weighted by Crippen LogP contribution is -2.50. The van der Waals surface area contributed by atoms with Gasteiger partial charge in [-0.1, -0.05) is 17.7 Å². The van der Waals surface area contributed by atoms with Gasteiger partial charge < -0.3 is 19.3 Å².